The predicted octanol–water partition coefficient (Wildman–Crippen LogP) is 2.94. The van der Waals surface area contributed by atoms with E-state index in [-0.39, 0.29) is 6.04 Å². The lowest BCUT2D eigenvalue weighted by atomic mass is 10.1. The third kappa shape index (κ3) is 3.19. The molecule has 20 heavy (non-hydrogen) atoms. The van der Waals surface area contributed by atoms with Crippen molar-refractivity contribution in [2.24, 2.45) is 5.73 Å². The molecule has 0 radical (unpaired) electrons. The van der Waals surface area contributed by atoms with Crippen molar-refractivity contribution in [1.29, 1.82) is 0 Å². The Hall–Kier alpha value is -1.39. The predicted molar refractivity (Wildman–Crippen MR) is 82.5 cm³/mol. The number of hydrogen-bond donors (Lipinski definition) is 1. The van der Waals surface area contributed by atoms with Gasteiger partial charge in [0.15, 0.2) is 5.82 Å². The average molecular weight is 293 g/mol. The van der Waals surface area contributed by atoms with Crippen LogP contribution in [0.4, 0.5) is 0 Å². The maximum atomic E-state index is 6.11. The summed E-state index contributed by atoms with van der Waals surface area (Å²) in [4.78, 5) is 4.55. The van der Waals surface area contributed by atoms with Gasteiger partial charge in [-0.1, -0.05) is 25.4 Å². The highest BCUT2D eigenvalue weighted by atomic mass is 35.5. The first-order valence-electron chi connectivity index (χ1n) is 7.04. The first kappa shape index (κ1) is 15.0. The van der Waals surface area contributed by atoms with Crippen LogP contribution in [-0.2, 0) is 19.3 Å². The van der Waals surface area contributed by atoms with Gasteiger partial charge >= 0.3 is 0 Å². The van der Waals surface area contributed by atoms with Crippen molar-refractivity contribution in [3.63, 3.8) is 0 Å². The smallest absolute Gasteiger partial charge is 0.151 e. The summed E-state index contributed by atoms with van der Waals surface area (Å²) in [5.74, 6) is 1.83. The van der Waals surface area contributed by atoms with Gasteiger partial charge in [0.05, 0.1) is 5.69 Å². The van der Waals surface area contributed by atoms with Crippen molar-refractivity contribution in [3.8, 4) is 5.69 Å². The quantitative estimate of drug-likeness (QED) is 0.922. The van der Waals surface area contributed by atoms with Crippen LogP contribution in [0.5, 0.6) is 0 Å². The Balaban J connectivity index is 2.53. The van der Waals surface area contributed by atoms with Crippen molar-refractivity contribution >= 4 is 11.6 Å². The molecule has 1 aromatic carbocycles. The number of rotatable bonds is 5. The maximum Gasteiger partial charge on any atom is 0.151 e. The van der Waals surface area contributed by atoms with E-state index in [1.54, 1.807) is 0 Å². The molecule has 1 atom stereocenters. The van der Waals surface area contributed by atoms with Crippen molar-refractivity contribution in [1.82, 2.24) is 14.8 Å². The lowest BCUT2D eigenvalue weighted by Crippen LogP contribution is -2.19. The largest absolute Gasteiger partial charge is 0.328 e. The van der Waals surface area contributed by atoms with Crippen LogP contribution in [0.3, 0.4) is 0 Å². The van der Waals surface area contributed by atoms with Gasteiger partial charge in [-0.15, -0.1) is 0 Å². The number of hydrogen-bond acceptors (Lipinski definition) is 3. The zero-order valence-corrected chi connectivity index (χ0v) is 13.0. The Labute approximate surface area is 125 Å². The molecular weight excluding hydrogens is 272 g/mol. The lowest BCUT2D eigenvalue weighted by Gasteiger charge is -2.13. The second-order valence-electron chi connectivity index (χ2n) is 5.02. The molecule has 108 valence electrons. The molecule has 0 saturated heterocycles. The van der Waals surface area contributed by atoms with Crippen LogP contribution in [0.25, 0.3) is 5.69 Å². The Kier molecular flexibility index (Phi) is 4.78. The summed E-state index contributed by atoms with van der Waals surface area (Å²) in [5, 5.41) is 5.31. The molecule has 1 unspecified atom stereocenters. The molecule has 0 aliphatic heterocycles. The topological polar surface area (TPSA) is 56.7 Å². The molecule has 0 aliphatic carbocycles. The first-order valence-corrected chi connectivity index (χ1v) is 7.42. The fourth-order valence-corrected chi connectivity index (χ4v) is 2.43. The fourth-order valence-electron chi connectivity index (χ4n) is 2.23. The summed E-state index contributed by atoms with van der Waals surface area (Å²) in [7, 11) is 0. The number of aryl methyl sites for hydroxylation is 2. The van der Waals surface area contributed by atoms with Crippen molar-refractivity contribution in [2.75, 3.05) is 0 Å². The fraction of sp³-hybridized carbons (Fsp3) is 0.467. The lowest BCUT2D eigenvalue weighted by molar-refractivity contribution is 0.718. The average Bonchev–Trinajstić information content (AvgIpc) is 2.81. The van der Waals surface area contributed by atoms with Crippen LogP contribution in [-0.4, -0.2) is 20.8 Å². The van der Waals surface area contributed by atoms with E-state index in [2.05, 4.69) is 23.9 Å². The van der Waals surface area contributed by atoms with Gasteiger partial charge in [0, 0.05) is 23.9 Å². The van der Waals surface area contributed by atoms with Gasteiger partial charge in [-0.25, -0.2) is 9.67 Å². The summed E-state index contributed by atoms with van der Waals surface area (Å²) in [6, 6.07) is 5.92. The van der Waals surface area contributed by atoms with Crippen molar-refractivity contribution < 1.29 is 0 Å². The molecule has 0 spiro atoms. The first-order chi connectivity index (χ1) is 9.55. The Morgan fingerprint density at radius 1 is 1.30 bits per heavy atom. The molecule has 2 aromatic rings. The van der Waals surface area contributed by atoms with E-state index in [4.69, 9.17) is 17.3 Å². The molecule has 0 bridgehead atoms. The second kappa shape index (κ2) is 6.37. The summed E-state index contributed by atoms with van der Waals surface area (Å²) < 4.78 is 1.92. The van der Waals surface area contributed by atoms with Gasteiger partial charge < -0.3 is 5.73 Å². The third-order valence-corrected chi connectivity index (χ3v) is 3.40. The summed E-state index contributed by atoms with van der Waals surface area (Å²) in [6.07, 6.45) is 2.43. The van der Waals surface area contributed by atoms with Crippen LogP contribution in [0.15, 0.2) is 18.2 Å². The highest BCUT2D eigenvalue weighted by molar-refractivity contribution is 6.30. The minimum Gasteiger partial charge on any atom is -0.328 e. The minimum atomic E-state index is 0.0754. The highest BCUT2D eigenvalue weighted by Gasteiger charge is 2.14. The molecule has 0 aliphatic rings. The van der Waals surface area contributed by atoms with Crippen molar-refractivity contribution in [2.45, 2.75) is 46.1 Å². The molecule has 0 amide bonds. The van der Waals surface area contributed by atoms with E-state index in [1.807, 2.05) is 29.8 Å². The van der Waals surface area contributed by atoms with E-state index in [9.17, 15) is 0 Å². The van der Waals surface area contributed by atoms with Gasteiger partial charge in [-0.2, -0.15) is 5.10 Å². The monoisotopic (exact) mass is 292 g/mol. The maximum absolute atomic E-state index is 6.11. The zero-order chi connectivity index (χ0) is 14.7. The van der Waals surface area contributed by atoms with E-state index in [0.717, 1.165) is 47.2 Å². The molecule has 1 heterocycles. The molecule has 4 nitrogen and oxygen atoms in total. The number of nitrogens with two attached hydrogens (primary N) is 1. The Morgan fingerprint density at radius 2 is 2.05 bits per heavy atom. The van der Waals surface area contributed by atoms with Crippen LogP contribution in [0.1, 0.15) is 38.0 Å². The third-order valence-electron chi connectivity index (χ3n) is 3.16. The molecule has 5 heteroatoms. The van der Waals surface area contributed by atoms with Crippen LogP contribution < -0.4 is 5.73 Å². The summed E-state index contributed by atoms with van der Waals surface area (Å²) >= 11 is 6.11. The minimum absolute atomic E-state index is 0.0754. The molecular formula is C15H21ClN4. The van der Waals surface area contributed by atoms with Gasteiger partial charge in [0.2, 0.25) is 0 Å². The zero-order valence-electron chi connectivity index (χ0n) is 12.2. The SMILES string of the molecule is CCc1nc(CC)n(-c2ccc(Cl)cc2CC(C)N)n1. The molecule has 1 aromatic heterocycles. The second-order valence-corrected chi connectivity index (χ2v) is 5.45. The Morgan fingerprint density at radius 3 is 2.65 bits per heavy atom. The number of benzene rings is 1. The van der Waals surface area contributed by atoms with Crippen LogP contribution >= 0.6 is 11.6 Å². The van der Waals surface area contributed by atoms with E-state index in [1.165, 1.54) is 0 Å². The van der Waals surface area contributed by atoms with Crippen LogP contribution in [0.2, 0.25) is 5.02 Å². The molecule has 2 rings (SSSR count). The van der Waals surface area contributed by atoms with Gasteiger partial charge in [-0.05, 0) is 37.1 Å². The van der Waals surface area contributed by atoms with E-state index in [0.29, 0.717) is 0 Å². The highest BCUT2D eigenvalue weighted by Crippen LogP contribution is 2.22. The van der Waals surface area contributed by atoms with Gasteiger partial charge in [-0.3, -0.25) is 0 Å². The summed E-state index contributed by atoms with van der Waals surface area (Å²) in [6.45, 7) is 6.13. The number of halogens is 1. The number of aromatic nitrogens is 3. The molecule has 0 saturated carbocycles. The normalized spacial score (nSPS) is 12.7. The van der Waals surface area contributed by atoms with E-state index >= 15 is 0 Å². The van der Waals surface area contributed by atoms with Crippen molar-refractivity contribution in [3.05, 3.63) is 40.4 Å². The Bertz CT molecular complexity index is 590. The summed E-state index contributed by atoms with van der Waals surface area (Å²) in [5.41, 5.74) is 8.07. The van der Waals surface area contributed by atoms with Crippen LogP contribution in [0, 0.1) is 0 Å². The molecule has 0 fully saturated rings. The molecule has 2 N–H and O–H groups in total. The number of nitrogens with zero attached hydrogens (tertiary/aromatic N) is 3. The van der Waals surface area contributed by atoms with Gasteiger partial charge in [0.25, 0.3) is 0 Å². The standard InChI is InChI=1S/C15H21ClN4/c1-4-14-18-15(5-2)20(19-14)13-7-6-12(16)9-11(13)8-10(3)17/h6-7,9-10H,4-5,8,17H2,1-3H3. The van der Waals surface area contributed by atoms with Gasteiger partial charge in [0.1, 0.15) is 5.82 Å². The van der Waals surface area contributed by atoms with E-state index < -0.39 is 0 Å².